The molecule has 31 heavy (non-hydrogen) atoms. The number of hydrogen-bond acceptors (Lipinski definition) is 4. The molecule has 0 aliphatic heterocycles. The lowest BCUT2D eigenvalue weighted by atomic mass is 10.0. The van der Waals surface area contributed by atoms with Crippen molar-refractivity contribution in [2.45, 2.75) is 6.54 Å². The number of carbonyl (C=O) groups excluding carboxylic acids is 1. The zero-order valence-electron chi connectivity index (χ0n) is 16.7. The molecule has 0 fully saturated rings. The van der Waals surface area contributed by atoms with Crippen molar-refractivity contribution < 1.29 is 4.79 Å². The zero-order chi connectivity index (χ0) is 21.0. The molecule has 0 aliphatic carbocycles. The fraction of sp³-hybridized carbons (Fsp3) is 0.0385. The number of pyridine rings is 1. The number of amides is 1. The highest BCUT2D eigenvalue weighted by Crippen LogP contribution is 2.31. The van der Waals surface area contributed by atoms with E-state index in [0.29, 0.717) is 17.2 Å². The molecule has 5 aromatic rings. The summed E-state index contributed by atoms with van der Waals surface area (Å²) in [5.74, 6) is -0.0932. The molecule has 3 aromatic carbocycles. The lowest BCUT2D eigenvalue weighted by Crippen LogP contribution is -2.30. The van der Waals surface area contributed by atoms with Gasteiger partial charge >= 0.3 is 0 Å². The summed E-state index contributed by atoms with van der Waals surface area (Å²) in [6, 6.07) is 31.5. The van der Waals surface area contributed by atoms with Crippen LogP contribution in [0.2, 0.25) is 0 Å². The summed E-state index contributed by atoms with van der Waals surface area (Å²) in [6.07, 6.45) is 1.74. The molecule has 2 heterocycles. The SMILES string of the molecule is O=C(c1ccc(-c2ccccc2)cc1)N(Cc1ccccn1)c1nc2ccccc2s1. The molecule has 150 valence electrons. The van der Waals surface area contributed by atoms with Crippen LogP contribution in [0.15, 0.2) is 103 Å². The Morgan fingerprint density at radius 1 is 0.774 bits per heavy atom. The monoisotopic (exact) mass is 421 g/mol. The van der Waals surface area contributed by atoms with Gasteiger partial charge in [-0.2, -0.15) is 0 Å². The van der Waals surface area contributed by atoms with Gasteiger partial charge in [-0.1, -0.05) is 72.0 Å². The molecule has 0 saturated carbocycles. The Morgan fingerprint density at radius 3 is 2.23 bits per heavy atom. The molecule has 2 aromatic heterocycles. The summed E-state index contributed by atoms with van der Waals surface area (Å²) in [6.45, 7) is 0.361. The molecule has 4 nitrogen and oxygen atoms in total. The number of benzene rings is 3. The summed E-state index contributed by atoms with van der Waals surface area (Å²) in [4.78, 5) is 24.4. The highest BCUT2D eigenvalue weighted by atomic mass is 32.1. The minimum Gasteiger partial charge on any atom is -0.278 e. The van der Waals surface area contributed by atoms with E-state index in [1.807, 2.05) is 84.9 Å². The van der Waals surface area contributed by atoms with E-state index >= 15 is 0 Å². The van der Waals surface area contributed by atoms with E-state index in [1.165, 1.54) is 11.3 Å². The molecule has 0 bridgehead atoms. The van der Waals surface area contributed by atoms with Crippen molar-refractivity contribution in [2.75, 3.05) is 4.90 Å². The van der Waals surface area contributed by atoms with E-state index in [2.05, 4.69) is 17.1 Å². The molecule has 1 amide bonds. The summed E-state index contributed by atoms with van der Waals surface area (Å²) in [7, 11) is 0. The summed E-state index contributed by atoms with van der Waals surface area (Å²) >= 11 is 1.51. The zero-order valence-corrected chi connectivity index (χ0v) is 17.5. The fourth-order valence-electron chi connectivity index (χ4n) is 3.45. The molecule has 5 rings (SSSR count). The first kappa shape index (κ1) is 19.2. The van der Waals surface area contributed by atoms with Crippen LogP contribution in [0.4, 0.5) is 5.13 Å². The van der Waals surface area contributed by atoms with Gasteiger partial charge in [0.15, 0.2) is 5.13 Å². The van der Waals surface area contributed by atoms with Crippen LogP contribution in [-0.4, -0.2) is 15.9 Å². The second kappa shape index (κ2) is 8.50. The van der Waals surface area contributed by atoms with Gasteiger partial charge in [0.05, 0.1) is 22.5 Å². The van der Waals surface area contributed by atoms with Crippen LogP contribution in [0.25, 0.3) is 21.3 Å². The van der Waals surface area contributed by atoms with E-state index < -0.39 is 0 Å². The lowest BCUT2D eigenvalue weighted by Gasteiger charge is -2.20. The predicted molar refractivity (Wildman–Crippen MR) is 126 cm³/mol. The van der Waals surface area contributed by atoms with Crippen LogP contribution < -0.4 is 4.90 Å². The van der Waals surface area contributed by atoms with Crippen LogP contribution in [0.3, 0.4) is 0 Å². The Balaban J connectivity index is 1.50. The normalized spacial score (nSPS) is 10.8. The number of hydrogen-bond donors (Lipinski definition) is 0. The maximum atomic E-state index is 13.5. The number of thiazole rings is 1. The second-order valence-electron chi connectivity index (χ2n) is 7.12. The molecule has 0 N–H and O–H groups in total. The maximum absolute atomic E-state index is 13.5. The average Bonchev–Trinajstić information content (AvgIpc) is 3.27. The number of rotatable bonds is 5. The number of fused-ring (bicyclic) bond motifs is 1. The quantitative estimate of drug-likeness (QED) is 0.339. The summed E-state index contributed by atoms with van der Waals surface area (Å²) in [5, 5.41) is 0.670. The van der Waals surface area contributed by atoms with Crippen molar-refractivity contribution in [3.8, 4) is 11.1 Å². The van der Waals surface area contributed by atoms with E-state index in [4.69, 9.17) is 4.98 Å². The lowest BCUT2D eigenvalue weighted by molar-refractivity contribution is 0.0985. The number of para-hydroxylation sites is 1. The van der Waals surface area contributed by atoms with E-state index in [9.17, 15) is 4.79 Å². The first-order chi connectivity index (χ1) is 15.3. The van der Waals surface area contributed by atoms with Gasteiger partial charge in [-0.05, 0) is 47.5 Å². The number of carbonyl (C=O) groups is 1. The van der Waals surface area contributed by atoms with Crippen LogP contribution in [0.1, 0.15) is 16.1 Å². The Morgan fingerprint density at radius 2 is 1.48 bits per heavy atom. The molecular formula is C26H19N3OS. The molecule has 0 spiro atoms. The highest BCUT2D eigenvalue weighted by molar-refractivity contribution is 7.22. The van der Waals surface area contributed by atoms with Gasteiger partial charge in [-0.25, -0.2) is 4.98 Å². The van der Waals surface area contributed by atoms with E-state index in [1.54, 1.807) is 11.1 Å². The van der Waals surface area contributed by atoms with Gasteiger partial charge in [0.2, 0.25) is 0 Å². The standard InChI is InChI=1S/C26H19N3OS/c30-25(21-15-13-20(14-16-21)19-8-2-1-3-9-19)29(18-22-10-6-7-17-27-22)26-28-23-11-4-5-12-24(23)31-26/h1-17H,18H2. The third kappa shape index (κ3) is 4.09. The topological polar surface area (TPSA) is 46.1 Å². The Labute approximate surface area is 184 Å². The van der Waals surface area contributed by atoms with Crippen LogP contribution in [0.5, 0.6) is 0 Å². The summed E-state index contributed by atoms with van der Waals surface area (Å²) < 4.78 is 1.05. The van der Waals surface area contributed by atoms with E-state index in [0.717, 1.165) is 27.0 Å². The average molecular weight is 422 g/mol. The Hall–Kier alpha value is -3.83. The van der Waals surface area contributed by atoms with Crippen molar-refractivity contribution in [1.82, 2.24) is 9.97 Å². The molecular weight excluding hydrogens is 402 g/mol. The largest absolute Gasteiger partial charge is 0.278 e. The van der Waals surface area contributed by atoms with Crippen molar-refractivity contribution in [3.63, 3.8) is 0 Å². The Bertz CT molecular complexity index is 1280. The highest BCUT2D eigenvalue weighted by Gasteiger charge is 2.22. The maximum Gasteiger partial charge on any atom is 0.260 e. The van der Waals surface area contributed by atoms with Crippen molar-refractivity contribution in [2.24, 2.45) is 0 Å². The van der Waals surface area contributed by atoms with Crippen molar-refractivity contribution in [1.29, 1.82) is 0 Å². The first-order valence-electron chi connectivity index (χ1n) is 10.0. The number of nitrogens with zero attached hydrogens (tertiary/aromatic N) is 3. The molecule has 0 aliphatic rings. The third-order valence-electron chi connectivity index (χ3n) is 5.04. The van der Waals surface area contributed by atoms with Gasteiger partial charge in [0, 0.05) is 11.8 Å². The van der Waals surface area contributed by atoms with Crippen molar-refractivity contribution >= 4 is 32.6 Å². The van der Waals surface area contributed by atoms with E-state index in [-0.39, 0.29) is 5.91 Å². The van der Waals surface area contributed by atoms with Crippen LogP contribution in [0, 0.1) is 0 Å². The van der Waals surface area contributed by atoms with Gasteiger partial charge in [0.1, 0.15) is 0 Å². The minimum absolute atomic E-state index is 0.0932. The number of aromatic nitrogens is 2. The minimum atomic E-state index is -0.0932. The number of anilines is 1. The molecule has 0 radical (unpaired) electrons. The van der Waals surface area contributed by atoms with Gasteiger partial charge in [0.25, 0.3) is 5.91 Å². The molecule has 0 atom stereocenters. The third-order valence-corrected chi connectivity index (χ3v) is 6.10. The fourth-order valence-corrected chi connectivity index (χ4v) is 4.41. The molecule has 0 saturated heterocycles. The molecule has 5 heteroatoms. The first-order valence-corrected chi connectivity index (χ1v) is 10.8. The van der Waals surface area contributed by atoms with Crippen LogP contribution >= 0.6 is 11.3 Å². The van der Waals surface area contributed by atoms with Gasteiger partial charge in [-0.15, -0.1) is 0 Å². The predicted octanol–water partition coefficient (Wildman–Crippen LogP) is 6.21. The van der Waals surface area contributed by atoms with Crippen LogP contribution in [-0.2, 0) is 6.54 Å². The van der Waals surface area contributed by atoms with Gasteiger partial charge in [-0.3, -0.25) is 14.7 Å². The smallest absolute Gasteiger partial charge is 0.260 e. The second-order valence-corrected chi connectivity index (χ2v) is 8.13. The van der Waals surface area contributed by atoms with Crippen molar-refractivity contribution in [3.05, 3.63) is 115 Å². The molecule has 0 unspecified atom stereocenters. The Kier molecular flexibility index (Phi) is 5.25. The summed E-state index contributed by atoms with van der Waals surface area (Å²) in [5.41, 5.74) is 4.53. The van der Waals surface area contributed by atoms with Gasteiger partial charge < -0.3 is 0 Å².